The molecule has 1 atom stereocenters. The first-order valence-corrected chi connectivity index (χ1v) is 6.07. The largest absolute Gasteiger partial charge is 0.456 e. The van der Waals surface area contributed by atoms with Gasteiger partial charge in [0.15, 0.2) is 0 Å². The summed E-state index contributed by atoms with van der Waals surface area (Å²) < 4.78 is 5.66. The van der Waals surface area contributed by atoms with Crippen molar-refractivity contribution in [2.75, 3.05) is 0 Å². The molecule has 0 spiro atoms. The van der Waals surface area contributed by atoms with Gasteiger partial charge in [0.05, 0.1) is 12.3 Å². The third-order valence-corrected chi connectivity index (χ3v) is 2.77. The van der Waals surface area contributed by atoms with E-state index in [1.165, 1.54) is 0 Å². The summed E-state index contributed by atoms with van der Waals surface area (Å²) in [6, 6.07) is 11.3. The minimum Gasteiger partial charge on any atom is -0.456 e. The maximum Gasteiger partial charge on any atom is 0.145 e. The average Bonchev–Trinajstić information content (AvgIpc) is 2.41. The molecule has 0 bridgehead atoms. The first kappa shape index (κ1) is 12.6. The first-order chi connectivity index (χ1) is 8.69. The number of ether oxygens (including phenoxy) is 1. The van der Waals surface area contributed by atoms with E-state index in [1.807, 2.05) is 50.2 Å². The number of hydrogen-bond donors (Lipinski definition) is 1. The topological polar surface area (TPSA) is 42.4 Å². The second-order valence-electron chi connectivity index (χ2n) is 4.23. The summed E-state index contributed by atoms with van der Waals surface area (Å²) in [5.74, 6) is 1.46. The summed E-state index contributed by atoms with van der Waals surface area (Å²) in [6.07, 6.45) is 2.01. The van der Waals surface area contributed by atoms with E-state index in [1.54, 1.807) is 6.20 Å². The molecule has 0 unspecified atom stereocenters. The monoisotopic (exact) mass is 243 g/mol. The molecule has 1 aromatic heterocycles. The van der Waals surface area contributed by atoms with Gasteiger partial charge >= 0.3 is 0 Å². The summed E-state index contributed by atoms with van der Waals surface area (Å²) in [6.45, 7) is 3.89. The van der Waals surface area contributed by atoms with E-state index in [2.05, 4.69) is 4.98 Å². The molecule has 1 aromatic carbocycles. The van der Waals surface area contributed by atoms with Crippen LogP contribution in [0.15, 0.2) is 42.6 Å². The second kappa shape index (κ2) is 5.65. The van der Waals surface area contributed by atoms with Crippen LogP contribution in [0.2, 0.25) is 0 Å². The molecule has 0 amide bonds. The zero-order valence-corrected chi connectivity index (χ0v) is 10.6. The van der Waals surface area contributed by atoms with Crippen molar-refractivity contribution >= 4 is 0 Å². The lowest BCUT2D eigenvalue weighted by molar-refractivity contribution is 0.173. The summed E-state index contributed by atoms with van der Waals surface area (Å²) in [7, 11) is 0. The van der Waals surface area contributed by atoms with Crippen molar-refractivity contribution in [1.82, 2.24) is 4.98 Å². The van der Waals surface area contributed by atoms with Crippen LogP contribution >= 0.6 is 0 Å². The van der Waals surface area contributed by atoms with Crippen molar-refractivity contribution in [3.63, 3.8) is 0 Å². The Balaban J connectivity index is 2.08. The Morgan fingerprint density at radius 2 is 1.78 bits per heavy atom. The average molecular weight is 243 g/mol. The molecule has 1 N–H and O–H groups in total. The molecule has 1 heterocycles. The van der Waals surface area contributed by atoms with Crippen LogP contribution in [0.25, 0.3) is 0 Å². The molecule has 2 aromatic rings. The van der Waals surface area contributed by atoms with Gasteiger partial charge in [-0.3, -0.25) is 4.98 Å². The third-order valence-electron chi connectivity index (χ3n) is 2.77. The maximum absolute atomic E-state index is 9.69. The van der Waals surface area contributed by atoms with Gasteiger partial charge in [0.1, 0.15) is 11.5 Å². The molecule has 0 aliphatic rings. The van der Waals surface area contributed by atoms with E-state index in [-0.39, 0.29) is 0 Å². The van der Waals surface area contributed by atoms with Crippen molar-refractivity contribution < 1.29 is 9.84 Å². The Morgan fingerprint density at radius 1 is 1.11 bits per heavy atom. The smallest absolute Gasteiger partial charge is 0.145 e. The Labute approximate surface area is 107 Å². The molecule has 94 valence electrons. The Kier molecular flexibility index (Phi) is 3.95. The zero-order valence-electron chi connectivity index (χ0n) is 10.6. The lowest BCUT2D eigenvalue weighted by Crippen LogP contribution is -1.94. The van der Waals surface area contributed by atoms with Gasteiger partial charge in [0.2, 0.25) is 0 Å². The quantitative estimate of drug-likeness (QED) is 0.891. The summed E-state index contributed by atoms with van der Waals surface area (Å²) in [4.78, 5) is 4.17. The number of pyridine rings is 1. The highest BCUT2D eigenvalue weighted by Crippen LogP contribution is 2.23. The predicted octanol–water partition coefficient (Wildman–Crippen LogP) is 3.63. The number of rotatable bonds is 4. The Hall–Kier alpha value is -1.87. The molecule has 3 nitrogen and oxygen atoms in total. The Bertz CT molecular complexity index is 491. The van der Waals surface area contributed by atoms with Gasteiger partial charge in [-0.05, 0) is 43.2 Å². The van der Waals surface area contributed by atoms with Crippen molar-refractivity contribution in [2.24, 2.45) is 0 Å². The standard InChI is InChI=1S/C15H17NO2/c1-3-15(17)12-5-8-13(9-6-12)18-14-7-4-11(2)16-10-14/h4-10,15,17H,3H2,1-2H3/t15-/m0/s1. The van der Waals surface area contributed by atoms with Gasteiger partial charge in [-0.15, -0.1) is 0 Å². The fourth-order valence-corrected chi connectivity index (χ4v) is 1.64. The van der Waals surface area contributed by atoms with Crippen LogP contribution in [0.3, 0.4) is 0 Å². The van der Waals surface area contributed by atoms with Gasteiger partial charge < -0.3 is 9.84 Å². The highest BCUT2D eigenvalue weighted by Gasteiger charge is 2.04. The SMILES string of the molecule is CC[C@H](O)c1ccc(Oc2ccc(C)nc2)cc1. The van der Waals surface area contributed by atoms with Crippen LogP contribution in [0.5, 0.6) is 11.5 Å². The van der Waals surface area contributed by atoms with E-state index in [9.17, 15) is 5.11 Å². The number of aliphatic hydroxyl groups is 1. The third kappa shape index (κ3) is 3.08. The van der Waals surface area contributed by atoms with Gasteiger partial charge in [0.25, 0.3) is 0 Å². The molecule has 0 radical (unpaired) electrons. The molecule has 0 aliphatic carbocycles. The second-order valence-corrected chi connectivity index (χ2v) is 4.23. The van der Waals surface area contributed by atoms with E-state index in [0.29, 0.717) is 12.2 Å². The number of hydrogen-bond acceptors (Lipinski definition) is 3. The van der Waals surface area contributed by atoms with Gasteiger partial charge in [-0.25, -0.2) is 0 Å². The molecular formula is C15H17NO2. The summed E-state index contributed by atoms with van der Waals surface area (Å²) in [5.41, 5.74) is 1.87. The van der Waals surface area contributed by atoms with Crippen molar-refractivity contribution in [3.8, 4) is 11.5 Å². The molecule has 0 saturated carbocycles. The van der Waals surface area contributed by atoms with Gasteiger partial charge in [-0.1, -0.05) is 19.1 Å². The summed E-state index contributed by atoms with van der Waals surface area (Å²) >= 11 is 0. The number of nitrogens with zero attached hydrogens (tertiary/aromatic N) is 1. The summed E-state index contributed by atoms with van der Waals surface area (Å²) in [5, 5.41) is 9.69. The number of aromatic nitrogens is 1. The highest BCUT2D eigenvalue weighted by atomic mass is 16.5. The Morgan fingerprint density at radius 3 is 2.33 bits per heavy atom. The molecule has 0 fully saturated rings. The van der Waals surface area contributed by atoms with E-state index >= 15 is 0 Å². The van der Waals surface area contributed by atoms with E-state index < -0.39 is 6.10 Å². The molecule has 18 heavy (non-hydrogen) atoms. The highest BCUT2D eigenvalue weighted by molar-refractivity contribution is 5.32. The van der Waals surface area contributed by atoms with Crippen molar-refractivity contribution in [3.05, 3.63) is 53.9 Å². The molecule has 0 saturated heterocycles. The van der Waals surface area contributed by atoms with Crippen LogP contribution in [-0.4, -0.2) is 10.1 Å². The molecular weight excluding hydrogens is 226 g/mol. The number of benzene rings is 1. The van der Waals surface area contributed by atoms with Crippen molar-refractivity contribution in [2.45, 2.75) is 26.4 Å². The van der Waals surface area contributed by atoms with E-state index in [0.717, 1.165) is 17.0 Å². The fourth-order valence-electron chi connectivity index (χ4n) is 1.64. The van der Waals surface area contributed by atoms with Crippen molar-refractivity contribution in [1.29, 1.82) is 0 Å². The lowest BCUT2D eigenvalue weighted by atomic mass is 10.1. The lowest BCUT2D eigenvalue weighted by Gasteiger charge is -2.09. The van der Waals surface area contributed by atoms with E-state index in [4.69, 9.17) is 4.74 Å². The molecule has 0 aliphatic heterocycles. The zero-order chi connectivity index (χ0) is 13.0. The first-order valence-electron chi connectivity index (χ1n) is 6.07. The van der Waals surface area contributed by atoms with Crippen LogP contribution in [0, 0.1) is 6.92 Å². The van der Waals surface area contributed by atoms with Crippen LogP contribution in [0.1, 0.15) is 30.7 Å². The molecule has 2 rings (SSSR count). The normalized spacial score (nSPS) is 12.2. The number of aliphatic hydroxyl groups excluding tert-OH is 1. The minimum absolute atomic E-state index is 0.403. The van der Waals surface area contributed by atoms with Gasteiger partial charge in [0, 0.05) is 5.69 Å². The minimum atomic E-state index is -0.403. The predicted molar refractivity (Wildman–Crippen MR) is 70.7 cm³/mol. The van der Waals surface area contributed by atoms with Gasteiger partial charge in [-0.2, -0.15) is 0 Å². The fraction of sp³-hybridized carbons (Fsp3) is 0.267. The van der Waals surface area contributed by atoms with Crippen LogP contribution in [-0.2, 0) is 0 Å². The van der Waals surface area contributed by atoms with Crippen LogP contribution < -0.4 is 4.74 Å². The maximum atomic E-state index is 9.69. The number of aryl methyl sites for hydroxylation is 1. The van der Waals surface area contributed by atoms with Crippen LogP contribution in [0.4, 0.5) is 0 Å². The molecule has 3 heteroatoms.